The molecule has 126 valence electrons. The van der Waals surface area contributed by atoms with E-state index in [9.17, 15) is 4.79 Å². The Hall–Kier alpha value is -2.05. The van der Waals surface area contributed by atoms with Crippen LogP contribution in [0.5, 0.6) is 11.5 Å². The normalized spacial score (nSPS) is 18.8. The zero-order valence-corrected chi connectivity index (χ0v) is 14.1. The van der Waals surface area contributed by atoms with Gasteiger partial charge in [-0.25, -0.2) is 0 Å². The summed E-state index contributed by atoms with van der Waals surface area (Å²) in [4.78, 5) is 16.1. The molecule has 5 nitrogen and oxygen atoms in total. The number of fused-ring (bicyclic) bond motifs is 1. The molecule has 2 aromatic rings. The maximum Gasteiger partial charge on any atom is 0.254 e. The van der Waals surface area contributed by atoms with Crippen LogP contribution < -0.4 is 9.47 Å². The highest BCUT2D eigenvalue weighted by atomic mass is 32.1. The quantitative estimate of drug-likeness (QED) is 0.834. The Morgan fingerprint density at radius 2 is 2.17 bits per heavy atom. The third-order valence-corrected chi connectivity index (χ3v) is 5.14. The van der Waals surface area contributed by atoms with Crippen LogP contribution in [0.1, 0.15) is 28.1 Å². The zero-order valence-electron chi connectivity index (χ0n) is 13.3. The Balaban J connectivity index is 1.55. The molecule has 0 N–H and O–H groups in total. The first-order valence-corrected chi connectivity index (χ1v) is 9.00. The lowest BCUT2D eigenvalue weighted by Crippen LogP contribution is -2.36. The average molecular weight is 345 g/mol. The molecule has 4 rings (SSSR count). The Bertz CT molecular complexity index is 710. The molecule has 0 unspecified atom stereocenters. The number of hydrogen-bond donors (Lipinski definition) is 0. The third-order valence-electron chi connectivity index (χ3n) is 4.28. The third kappa shape index (κ3) is 3.25. The van der Waals surface area contributed by atoms with E-state index in [2.05, 4.69) is 6.07 Å². The van der Waals surface area contributed by atoms with Crippen molar-refractivity contribution in [1.82, 2.24) is 4.90 Å². The highest BCUT2D eigenvalue weighted by Gasteiger charge is 2.25. The maximum absolute atomic E-state index is 13.0. The first-order valence-electron chi connectivity index (χ1n) is 8.12. The maximum atomic E-state index is 13.0. The van der Waals surface area contributed by atoms with E-state index in [0.29, 0.717) is 30.2 Å². The van der Waals surface area contributed by atoms with Crippen molar-refractivity contribution in [3.63, 3.8) is 0 Å². The molecule has 6 heteroatoms. The molecular weight excluding hydrogens is 326 g/mol. The van der Waals surface area contributed by atoms with Gasteiger partial charge in [0.2, 0.25) is 6.79 Å². The SMILES string of the molecule is O=C(c1ccc2c(c1)OCO2)N(Cc1cccs1)C[C@@H]1CCCO1. The minimum atomic E-state index is -0.00259. The summed E-state index contributed by atoms with van der Waals surface area (Å²) in [5.74, 6) is 1.32. The van der Waals surface area contributed by atoms with Crippen molar-refractivity contribution in [2.75, 3.05) is 19.9 Å². The van der Waals surface area contributed by atoms with Crippen molar-refractivity contribution in [3.8, 4) is 11.5 Å². The first-order chi connectivity index (χ1) is 11.8. The highest BCUT2D eigenvalue weighted by Crippen LogP contribution is 2.33. The van der Waals surface area contributed by atoms with Gasteiger partial charge in [-0.3, -0.25) is 4.79 Å². The van der Waals surface area contributed by atoms with Crippen molar-refractivity contribution in [2.24, 2.45) is 0 Å². The molecule has 2 aliphatic heterocycles. The molecule has 0 radical (unpaired) electrons. The average Bonchev–Trinajstić information content (AvgIpc) is 3.35. The van der Waals surface area contributed by atoms with Gasteiger partial charge in [-0.15, -0.1) is 11.3 Å². The second kappa shape index (κ2) is 6.83. The monoisotopic (exact) mass is 345 g/mol. The lowest BCUT2D eigenvalue weighted by atomic mass is 10.1. The molecule has 3 heterocycles. The predicted molar refractivity (Wildman–Crippen MR) is 90.6 cm³/mol. The highest BCUT2D eigenvalue weighted by molar-refractivity contribution is 7.09. The van der Waals surface area contributed by atoms with E-state index in [4.69, 9.17) is 14.2 Å². The van der Waals surface area contributed by atoms with Gasteiger partial charge in [0.15, 0.2) is 11.5 Å². The minimum Gasteiger partial charge on any atom is -0.454 e. The van der Waals surface area contributed by atoms with E-state index in [1.807, 2.05) is 16.3 Å². The van der Waals surface area contributed by atoms with Crippen molar-refractivity contribution >= 4 is 17.2 Å². The largest absolute Gasteiger partial charge is 0.454 e. The fourth-order valence-electron chi connectivity index (χ4n) is 3.06. The first kappa shape index (κ1) is 15.5. The van der Waals surface area contributed by atoms with E-state index in [1.54, 1.807) is 29.5 Å². The molecule has 24 heavy (non-hydrogen) atoms. The molecular formula is C18H19NO4S. The number of thiophene rings is 1. The van der Waals surface area contributed by atoms with E-state index in [0.717, 1.165) is 19.4 Å². The zero-order chi connectivity index (χ0) is 16.4. The van der Waals surface area contributed by atoms with Crippen molar-refractivity contribution in [1.29, 1.82) is 0 Å². The number of rotatable bonds is 5. The second-order valence-corrected chi connectivity index (χ2v) is 7.00. The molecule has 0 bridgehead atoms. The Kier molecular flexibility index (Phi) is 4.40. The molecule has 0 saturated carbocycles. The summed E-state index contributed by atoms with van der Waals surface area (Å²) in [5, 5.41) is 2.03. The summed E-state index contributed by atoms with van der Waals surface area (Å²) in [6.45, 7) is 2.22. The van der Waals surface area contributed by atoms with Crippen molar-refractivity contribution in [2.45, 2.75) is 25.5 Å². The summed E-state index contributed by atoms with van der Waals surface area (Å²) >= 11 is 1.66. The van der Waals surface area contributed by atoms with Crippen LogP contribution in [-0.2, 0) is 11.3 Å². The standard InChI is InChI=1S/C18H19NO4S/c20-18(13-5-6-16-17(9-13)23-12-22-16)19(10-14-3-1-7-21-14)11-15-4-2-8-24-15/h2,4-6,8-9,14H,1,3,7,10-12H2/t14-/m0/s1. The van der Waals surface area contributed by atoms with E-state index >= 15 is 0 Å². The van der Waals surface area contributed by atoms with Crippen LogP contribution in [0.2, 0.25) is 0 Å². The summed E-state index contributed by atoms with van der Waals surface area (Å²) in [6, 6.07) is 9.43. The number of nitrogens with zero attached hydrogens (tertiary/aromatic N) is 1. The van der Waals surface area contributed by atoms with Gasteiger partial charge >= 0.3 is 0 Å². The molecule has 1 atom stereocenters. The topological polar surface area (TPSA) is 48.0 Å². The molecule has 0 spiro atoms. The summed E-state index contributed by atoms with van der Waals surface area (Å²) < 4.78 is 16.4. The number of carbonyl (C=O) groups excluding carboxylic acids is 1. The number of amides is 1. The van der Waals surface area contributed by atoms with Crippen LogP contribution in [-0.4, -0.2) is 36.9 Å². The van der Waals surface area contributed by atoms with Crippen molar-refractivity contribution < 1.29 is 19.0 Å². The number of carbonyl (C=O) groups is 1. The van der Waals surface area contributed by atoms with E-state index in [-0.39, 0.29) is 18.8 Å². The van der Waals surface area contributed by atoms with Gasteiger partial charge in [0, 0.05) is 23.6 Å². The fraction of sp³-hybridized carbons (Fsp3) is 0.389. The van der Waals surface area contributed by atoms with Crippen LogP contribution in [0.4, 0.5) is 0 Å². The van der Waals surface area contributed by atoms with Crippen LogP contribution in [0.25, 0.3) is 0 Å². The van der Waals surface area contributed by atoms with Gasteiger partial charge in [0.25, 0.3) is 5.91 Å². The van der Waals surface area contributed by atoms with Gasteiger partial charge in [0.05, 0.1) is 12.6 Å². The van der Waals surface area contributed by atoms with Crippen LogP contribution in [0.15, 0.2) is 35.7 Å². The smallest absolute Gasteiger partial charge is 0.254 e. The summed E-state index contributed by atoms with van der Waals surface area (Å²) in [5.41, 5.74) is 0.619. The number of benzene rings is 1. The molecule has 0 aliphatic carbocycles. The lowest BCUT2D eigenvalue weighted by Gasteiger charge is -2.25. The van der Waals surface area contributed by atoms with Gasteiger partial charge in [-0.2, -0.15) is 0 Å². The molecule has 1 aromatic carbocycles. The van der Waals surface area contributed by atoms with Gasteiger partial charge in [-0.05, 0) is 42.5 Å². The Labute approximate surface area is 144 Å². The Morgan fingerprint density at radius 3 is 2.96 bits per heavy atom. The van der Waals surface area contributed by atoms with E-state index < -0.39 is 0 Å². The molecule has 1 saturated heterocycles. The van der Waals surface area contributed by atoms with Crippen LogP contribution in [0.3, 0.4) is 0 Å². The van der Waals surface area contributed by atoms with Crippen LogP contribution in [0, 0.1) is 0 Å². The van der Waals surface area contributed by atoms with Crippen LogP contribution >= 0.6 is 11.3 Å². The molecule has 1 fully saturated rings. The molecule has 1 amide bonds. The van der Waals surface area contributed by atoms with Crippen molar-refractivity contribution in [3.05, 3.63) is 46.2 Å². The summed E-state index contributed by atoms with van der Waals surface area (Å²) in [7, 11) is 0. The van der Waals surface area contributed by atoms with E-state index in [1.165, 1.54) is 4.88 Å². The minimum absolute atomic E-state index is 0.00259. The lowest BCUT2D eigenvalue weighted by molar-refractivity contribution is 0.0509. The second-order valence-electron chi connectivity index (χ2n) is 5.97. The predicted octanol–water partition coefficient (Wildman–Crippen LogP) is 3.30. The number of hydrogen-bond acceptors (Lipinski definition) is 5. The van der Waals surface area contributed by atoms with Gasteiger partial charge < -0.3 is 19.1 Å². The number of ether oxygens (including phenoxy) is 3. The Morgan fingerprint density at radius 1 is 1.25 bits per heavy atom. The molecule has 1 aromatic heterocycles. The fourth-order valence-corrected chi connectivity index (χ4v) is 3.78. The summed E-state index contributed by atoms with van der Waals surface area (Å²) in [6.07, 6.45) is 2.20. The van der Waals surface area contributed by atoms with Gasteiger partial charge in [-0.1, -0.05) is 6.07 Å². The van der Waals surface area contributed by atoms with Gasteiger partial charge in [0.1, 0.15) is 0 Å². The molecule has 2 aliphatic rings.